The summed E-state index contributed by atoms with van der Waals surface area (Å²) in [4.78, 5) is 27.0. The van der Waals surface area contributed by atoms with Gasteiger partial charge in [0.2, 0.25) is 5.91 Å². The second-order valence-electron chi connectivity index (χ2n) is 6.18. The van der Waals surface area contributed by atoms with Crippen LogP contribution in [0.3, 0.4) is 0 Å². The van der Waals surface area contributed by atoms with E-state index >= 15 is 0 Å². The first kappa shape index (κ1) is 22.1. The Kier molecular flexibility index (Phi) is 8.61. The topological polar surface area (TPSA) is 58.6 Å². The predicted molar refractivity (Wildman–Crippen MR) is 112 cm³/mol. The monoisotopic (exact) mass is 422 g/mol. The molecule has 2 rings (SSSR count). The highest BCUT2D eigenvalue weighted by Crippen LogP contribution is 2.24. The Morgan fingerprint density at radius 3 is 2.43 bits per heavy atom. The van der Waals surface area contributed by atoms with Crippen molar-refractivity contribution in [2.45, 2.75) is 32.9 Å². The number of nitrogens with one attached hydrogen (secondary N) is 1. The Balaban J connectivity index is 2.23. The lowest BCUT2D eigenvalue weighted by Crippen LogP contribution is -2.50. The summed E-state index contributed by atoms with van der Waals surface area (Å²) in [7, 11) is 0. The van der Waals surface area contributed by atoms with Gasteiger partial charge in [0.05, 0.1) is 0 Å². The lowest BCUT2D eigenvalue weighted by atomic mass is 10.1. The number of hydrogen-bond donors (Lipinski definition) is 1. The maximum atomic E-state index is 13.0. The Bertz CT molecular complexity index is 799. The molecule has 150 valence electrons. The van der Waals surface area contributed by atoms with Gasteiger partial charge in [-0.15, -0.1) is 0 Å². The normalized spacial score (nSPS) is 11.6. The van der Waals surface area contributed by atoms with E-state index in [0.717, 1.165) is 0 Å². The lowest BCUT2D eigenvalue weighted by Gasteiger charge is -2.30. The Labute approximate surface area is 175 Å². The van der Waals surface area contributed by atoms with E-state index in [0.29, 0.717) is 34.3 Å². The molecule has 2 aromatic carbocycles. The van der Waals surface area contributed by atoms with Gasteiger partial charge >= 0.3 is 0 Å². The fourth-order valence-electron chi connectivity index (χ4n) is 2.79. The first-order chi connectivity index (χ1) is 13.5. The summed E-state index contributed by atoms with van der Waals surface area (Å²) < 4.78 is 5.59. The number of halogens is 2. The fourth-order valence-corrected chi connectivity index (χ4v) is 3.26. The summed E-state index contributed by atoms with van der Waals surface area (Å²) in [6.07, 6.45) is 0.466. The summed E-state index contributed by atoms with van der Waals surface area (Å²) in [5, 5.41) is 3.74. The van der Waals surface area contributed by atoms with Crippen LogP contribution in [-0.4, -0.2) is 35.9 Å². The first-order valence-corrected chi connectivity index (χ1v) is 9.90. The number of amides is 2. The zero-order valence-electron chi connectivity index (χ0n) is 16.0. The van der Waals surface area contributed by atoms with E-state index in [2.05, 4.69) is 5.32 Å². The minimum atomic E-state index is -0.626. The predicted octanol–water partition coefficient (Wildman–Crippen LogP) is 4.32. The number of rotatable bonds is 9. The van der Waals surface area contributed by atoms with E-state index in [4.69, 9.17) is 27.9 Å². The van der Waals surface area contributed by atoms with E-state index in [1.54, 1.807) is 30.3 Å². The summed E-state index contributed by atoms with van der Waals surface area (Å²) in [6, 6.07) is 13.5. The van der Waals surface area contributed by atoms with Crippen LogP contribution in [0.15, 0.2) is 48.5 Å². The highest BCUT2D eigenvalue weighted by Gasteiger charge is 2.29. The maximum Gasteiger partial charge on any atom is 0.261 e. The smallest absolute Gasteiger partial charge is 0.261 e. The van der Waals surface area contributed by atoms with Crippen LogP contribution in [0.2, 0.25) is 10.0 Å². The molecule has 0 fully saturated rings. The van der Waals surface area contributed by atoms with Gasteiger partial charge in [-0.25, -0.2) is 0 Å². The molecule has 0 bridgehead atoms. The molecule has 0 aliphatic heterocycles. The molecule has 2 amide bonds. The molecular formula is C21H24Cl2N2O3. The number of ether oxygens (including phenoxy) is 1. The van der Waals surface area contributed by atoms with Crippen molar-refractivity contribution in [3.63, 3.8) is 0 Å². The minimum absolute atomic E-state index is 0.175. The van der Waals surface area contributed by atoms with Crippen molar-refractivity contribution in [2.24, 2.45) is 0 Å². The lowest BCUT2D eigenvalue weighted by molar-refractivity contribution is -0.142. The quantitative estimate of drug-likeness (QED) is 0.654. The molecule has 0 saturated carbocycles. The molecular weight excluding hydrogens is 399 g/mol. The largest absolute Gasteiger partial charge is 0.484 e. The van der Waals surface area contributed by atoms with Crippen molar-refractivity contribution in [3.8, 4) is 5.75 Å². The standard InChI is InChI=1S/C21H24Cl2N2O3/c1-3-19(21(27)24-4-2)25(13-15-10-11-16(22)12-18(15)23)20(26)14-28-17-8-6-5-7-9-17/h5-12,19H,3-4,13-14H2,1-2H3,(H,24,27)/t19-/m0/s1. The van der Waals surface area contributed by atoms with E-state index in [1.807, 2.05) is 32.0 Å². The Hall–Kier alpha value is -2.24. The van der Waals surface area contributed by atoms with Gasteiger partial charge in [-0.3, -0.25) is 9.59 Å². The van der Waals surface area contributed by atoms with Crippen LogP contribution in [0.4, 0.5) is 0 Å². The molecule has 2 aromatic rings. The van der Waals surface area contributed by atoms with Crippen LogP contribution in [0.5, 0.6) is 5.75 Å². The third-order valence-corrected chi connectivity index (χ3v) is 4.79. The third-order valence-electron chi connectivity index (χ3n) is 4.20. The molecule has 0 spiro atoms. The van der Waals surface area contributed by atoms with E-state index in [9.17, 15) is 9.59 Å². The summed E-state index contributed by atoms with van der Waals surface area (Å²) >= 11 is 12.3. The fraction of sp³-hybridized carbons (Fsp3) is 0.333. The minimum Gasteiger partial charge on any atom is -0.484 e. The van der Waals surface area contributed by atoms with Crippen molar-refractivity contribution in [1.82, 2.24) is 10.2 Å². The zero-order chi connectivity index (χ0) is 20.5. The van der Waals surface area contributed by atoms with E-state index in [-0.39, 0.29) is 25.0 Å². The Morgan fingerprint density at radius 1 is 1.11 bits per heavy atom. The molecule has 0 heterocycles. The van der Waals surface area contributed by atoms with Gasteiger partial charge in [-0.2, -0.15) is 0 Å². The van der Waals surface area contributed by atoms with Crippen molar-refractivity contribution >= 4 is 35.0 Å². The van der Waals surface area contributed by atoms with E-state index < -0.39 is 6.04 Å². The van der Waals surface area contributed by atoms with Crippen LogP contribution in [-0.2, 0) is 16.1 Å². The molecule has 0 saturated heterocycles. The van der Waals surface area contributed by atoms with Gasteiger partial charge in [0.1, 0.15) is 11.8 Å². The van der Waals surface area contributed by atoms with Crippen LogP contribution in [0, 0.1) is 0 Å². The number of hydrogen-bond acceptors (Lipinski definition) is 3. The SMILES string of the molecule is CCNC(=O)[C@H](CC)N(Cc1ccc(Cl)cc1Cl)C(=O)COc1ccccc1. The highest BCUT2D eigenvalue weighted by atomic mass is 35.5. The van der Waals surface area contributed by atoms with Crippen molar-refractivity contribution in [3.05, 3.63) is 64.1 Å². The van der Waals surface area contributed by atoms with Gasteiger partial charge < -0.3 is 15.0 Å². The van der Waals surface area contributed by atoms with Gasteiger partial charge in [-0.05, 0) is 43.2 Å². The second kappa shape index (κ2) is 10.9. The first-order valence-electron chi connectivity index (χ1n) is 9.15. The van der Waals surface area contributed by atoms with Crippen LogP contribution in [0.25, 0.3) is 0 Å². The number of carbonyl (C=O) groups excluding carboxylic acids is 2. The average molecular weight is 423 g/mol. The second-order valence-corrected chi connectivity index (χ2v) is 7.02. The Morgan fingerprint density at radius 2 is 1.82 bits per heavy atom. The molecule has 0 aliphatic carbocycles. The van der Waals surface area contributed by atoms with Crippen molar-refractivity contribution in [1.29, 1.82) is 0 Å². The average Bonchev–Trinajstić information content (AvgIpc) is 2.68. The van der Waals surface area contributed by atoms with Crippen molar-refractivity contribution < 1.29 is 14.3 Å². The van der Waals surface area contributed by atoms with Gasteiger partial charge in [0.15, 0.2) is 6.61 Å². The van der Waals surface area contributed by atoms with E-state index in [1.165, 1.54) is 4.90 Å². The summed E-state index contributed by atoms with van der Waals surface area (Å²) in [5.74, 6) is 0.0857. The van der Waals surface area contributed by atoms with Crippen LogP contribution >= 0.6 is 23.2 Å². The summed E-state index contributed by atoms with van der Waals surface area (Å²) in [5.41, 5.74) is 0.710. The highest BCUT2D eigenvalue weighted by molar-refractivity contribution is 6.35. The number of likely N-dealkylation sites (N-methyl/N-ethyl adjacent to an activating group) is 1. The van der Waals surface area contributed by atoms with Gasteiger partial charge in [0, 0.05) is 23.1 Å². The van der Waals surface area contributed by atoms with Crippen LogP contribution in [0.1, 0.15) is 25.8 Å². The third kappa shape index (κ3) is 6.14. The maximum absolute atomic E-state index is 13.0. The molecule has 0 radical (unpaired) electrons. The molecule has 7 heteroatoms. The van der Waals surface area contributed by atoms with Gasteiger partial charge in [-0.1, -0.05) is 54.4 Å². The molecule has 28 heavy (non-hydrogen) atoms. The number of benzene rings is 2. The molecule has 1 N–H and O–H groups in total. The molecule has 0 unspecified atom stereocenters. The number of carbonyl (C=O) groups is 2. The zero-order valence-corrected chi connectivity index (χ0v) is 17.5. The van der Waals surface area contributed by atoms with Gasteiger partial charge in [0.25, 0.3) is 5.91 Å². The van der Waals surface area contributed by atoms with Crippen LogP contribution < -0.4 is 10.1 Å². The number of para-hydroxylation sites is 1. The number of nitrogens with zero attached hydrogens (tertiary/aromatic N) is 1. The van der Waals surface area contributed by atoms with Crippen molar-refractivity contribution in [2.75, 3.05) is 13.2 Å². The molecule has 0 aromatic heterocycles. The molecule has 5 nitrogen and oxygen atoms in total. The summed E-state index contributed by atoms with van der Waals surface area (Å²) in [6.45, 7) is 4.19. The molecule has 1 atom stereocenters. The molecule has 0 aliphatic rings.